The maximum Gasteiger partial charge on any atom is 0.0598 e. The quantitative estimate of drug-likeness (QED) is 0.736. The number of nitrogens with zero attached hydrogens (tertiary/aromatic N) is 2. The normalized spacial score (nSPS) is 17.4. The average Bonchev–Trinajstić information content (AvgIpc) is 2.59. The van der Waals surface area contributed by atoms with E-state index in [9.17, 15) is 0 Å². The van der Waals surface area contributed by atoms with Crippen LogP contribution < -0.4 is 0 Å². The van der Waals surface area contributed by atoms with Crippen LogP contribution in [0.1, 0.15) is 31.2 Å². The first-order chi connectivity index (χ1) is 8.25. The summed E-state index contributed by atoms with van der Waals surface area (Å²) in [6.45, 7) is 2.11. The van der Waals surface area contributed by atoms with Gasteiger partial charge >= 0.3 is 0 Å². The van der Waals surface area contributed by atoms with Crippen LogP contribution in [-0.2, 0) is 0 Å². The Morgan fingerprint density at radius 1 is 1.00 bits per heavy atom. The molecule has 2 nitrogen and oxygen atoms in total. The minimum absolute atomic E-state index is 0.575. The second-order valence-corrected chi connectivity index (χ2v) is 5.10. The SMILES string of the molecule is Clc1ccc(/C=N/N2CCCCCC2)cc1Cl. The van der Waals surface area contributed by atoms with Crippen molar-refractivity contribution in [3.05, 3.63) is 33.8 Å². The minimum Gasteiger partial charge on any atom is -0.297 e. The highest BCUT2D eigenvalue weighted by atomic mass is 35.5. The number of rotatable bonds is 2. The second kappa shape index (κ2) is 6.27. The first kappa shape index (κ1) is 12.7. The van der Waals surface area contributed by atoms with Crippen LogP contribution in [0.15, 0.2) is 23.3 Å². The summed E-state index contributed by atoms with van der Waals surface area (Å²) in [4.78, 5) is 0. The van der Waals surface area contributed by atoms with Crippen molar-refractivity contribution >= 4 is 29.4 Å². The molecule has 1 saturated heterocycles. The monoisotopic (exact) mass is 270 g/mol. The third kappa shape index (κ3) is 3.90. The van der Waals surface area contributed by atoms with Crippen molar-refractivity contribution in [2.24, 2.45) is 5.10 Å². The summed E-state index contributed by atoms with van der Waals surface area (Å²) in [6.07, 6.45) is 6.96. The Balaban J connectivity index is 2.00. The standard InChI is InChI=1S/C13H16Cl2N2/c14-12-6-5-11(9-13(12)15)10-16-17-7-3-1-2-4-8-17/h5-6,9-10H,1-4,7-8H2/b16-10+. The van der Waals surface area contributed by atoms with E-state index in [0.29, 0.717) is 10.0 Å². The largest absolute Gasteiger partial charge is 0.297 e. The predicted molar refractivity (Wildman–Crippen MR) is 74.1 cm³/mol. The fourth-order valence-electron chi connectivity index (χ4n) is 1.91. The molecule has 0 aliphatic carbocycles. The number of hydrazone groups is 1. The molecule has 0 radical (unpaired) electrons. The van der Waals surface area contributed by atoms with Crippen molar-refractivity contribution in [2.75, 3.05) is 13.1 Å². The molecule has 1 heterocycles. The summed E-state index contributed by atoms with van der Waals surface area (Å²) in [6, 6.07) is 5.56. The smallest absolute Gasteiger partial charge is 0.0598 e. The van der Waals surface area contributed by atoms with Gasteiger partial charge in [-0.15, -0.1) is 0 Å². The summed E-state index contributed by atoms with van der Waals surface area (Å²) < 4.78 is 0. The zero-order chi connectivity index (χ0) is 12.1. The summed E-state index contributed by atoms with van der Waals surface area (Å²) in [5.41, 5.74) is 0.989. The van der Waals surface area contributed by atoms with Gasteiger partial charge in [-0.2, -0.15) is 5.10 Å². The topological polar surface area (TPSA) is 15.6 Å². The van der Waals surface area contributed by atoms with Crippen LogP contribution in [0.3, 0.4) is 0 Å². The van der Waals surface area contributed by atoms with E-state index in [1.807, 2.05) is 18.3 Å². The molecule has 0 saturated carbocycles. The van der Waals surface area contributed by atoms with Gasteiger partial charge in [-0.25, -0.2) is 0 Å². The molecule has 0 aromatic heterocycles. The van der Waals surface area contributed by atoms with Crippen LogP contribution in [0.25, 0.3) is 0 Å². The lowest BCUT2D eigenvalue weighted by atomic mass is 10.2. The summed E-state index contributed by atoms with van der Waals surface area (Å²) >= 11 is 11.8. The van der Waals surface area contributed by atoms with Gasteiger partial charge in [0.2, 0.25) is 0 Å². The van der Waals surface area contributed by atoms with E-state index in [0.717, 1.165) is 18.7 Å². The summed E-state index contributed by atoms with van der Waals surface area (Å²) in [5, 5.41) is 7.78. The lowest BCUT2D eigenvalue weighted by molar-refractivity contribution is 0.302. The third-order valence-electron chi connectivity index (χ3n) is 2.90. The Labute approximate surface area is 112 Å². The molecule has 2 rings (SSSR count). The number of hydrogen-bond donors (Lipinski definition) is 0. The zero-order valence-corrected chi connectivity index (χ0v) is 11.2. The Morgan fingerprint density at radius 3 is 2.35 bits per heavy atom. The summed E-state index contributed by atoms with van der Waals surface area (Å²) in [5.74, 6) is 0. The lowest BCUT2D eigenvalue weighted by Crippen LogP contribution is -2.18. The van der Waals surface area contributed by atoms with Crippen LogP contribution in [0.2, 0.25) is 10.0 Å². The van der Waals surface area contributed by atoms with Gasteiger partial charge in [0.05, 0.1) is 16.3 Å². The van der Waals surface area contributed by atoms with Crippen molar-refractivity contribution in [1.29, 1.82) is 0 Å². The molecule has 17 heavy (non-hydrogen) atoms. The zero-order valence-electron chi connectivity index (χ0n) is 9.70. The molecule has 0 atom stereocenters. The molecule has 1 aromatic rings. The number of halogens is 2. The molecular weight excluding hydrogens is 255 g/mol. The molecule has 0 amide bonds. The Hall–Kier alpha value is -0.730. The molecule has 0 unspecified atom stereocenters. The van der Waals surface area contributed by atoms with Crippen molar-refractivity contribution in [1.82, 2.24) is 5.01 Å². The molecule has 0 N–H and O–H groups in total. The van der Waals surface area contributed by atoms with E-state index in [4.69, 9.17) is 23.2 Å². The van der Waals surface area contributed by atoms with E-state index in [2.05, 4.69) is 10.1 Å². The maximum atomic E-state index is 5.95. The van der Waals surface area contributed by atoms with Gasteiger partial charge in [-0.3, -0.25) is 5.01 Å². The van der Waals surface area contributed by atoms with Gasteiger partial charge in [-0.05, 0) is 30.5 Å². The van der Waals surface area contributed by atoms with Gasteiger partial charge < -0.3 is 0 Å². The van der Waals surface area contributed by atoms with E-state index < -0.39 is 0 Å². The Kier molecular flexibility index (Phi) is 4.69. The maximum absolute atomic E-state index is 5.95. The van der Waals surface area contributed by atoms with Crippen molar-refractivity contribution in [2.45, 2.75) is 25.7 Å². The Bertz CT molecular complexity index is 396. The highest BCUT2D eigenvalue weighted by Crippen LogP contribution is 2.21. The van der Waals surface area contributed by atoms with Gasteiger partial charge in [0.1, 0.15) is 0 Å². The van der Waals surface area contributed by atoms with Gasteiger partial charge in [0.15, 0.2) is 0 Å². The fourth-order valence-corrected chi connectivity index (χ4v) is 2.22. The van der Waals surface area contributed by atoms with E-state index in [1.54, 1.807) is 6.07 Å². The Morgan fingerprint density at radius 2 is 1.71 bits per heavy atom. The van der Waals surface area contributed by atoms with Crippen LogP contribution in [0.4, 0.5) is 0 Å². The van der Waals surface area contributed by atoms with Crippen LogP contribution in [-0.4, -0.2) is 24.3 Å². The third-order valence-corrected chi connectivity index (χ3v) is 3.64. The number of hydrogen-bond acceptors (Lipinski definition) is 2. The van der Waals surface area contributed by atoms with Crippen LogP contribution in [0, 0.1) is 0 Å². The van der Waals surface area contributed by atoms with E-state index >= 15 is 0 Å². The van der Waals surface area contributed by atoms with Crippen molar-refractivity contribution < 1.29 is 0 Å². The highest BCUT2D eigenvalue weighted by Gasteiger charge is 2.05. The molecule has 0 bridgehead atoms. The molecule has 1 aliphatic rings. The van der Waals surface area contributed by atoms with Gasteiger partial charge in [0.25, 0.3) is 0 Å². The molecule has 92 valence electrons. The first-order valence-electron chi connectivity index (χ1n) is 6.00. The molecule has 4 heteroatoms. The fraction of sp³-hybridized carbons (Fsp3) is 0.462. The van der Waals surface area contributed by atoms with Gasteiger partial charge in [0, 0.05) is 13.1 Å². The average molecular weight is 271 g/mol. The molecule has 1 aromatic carbocycles. The molecular formula is C13H16Cl2N2. The molecule has 1 aliphatic heterocycles. The predicted octanol–water partition coefficient (Wildman–Crippen LogP) is 4.20. The van der Waals surface area contributed by atoms with E-state index in [1.165, 1.54) is 25.7 Å². The van der Waals surface area contributed by atoms with E-state index in [-0.39, 0.29) is 0 Å². The first-order valence-corrected chi connectivity index (χ1v) is 6.75. The minimum atomic E-state index is 0.575. The lowest BCUT2D eigenvalue weighted by Gasteiger charge is -2.15. The van der Waals surface area contributed by atoms with Crippen LogP contribution >= 0.6 is 23.2 Å². The molecule has 1 fully saturated rings. The van der Waals surface area contributed by atoms with Crippen LogP contribution in [0.5, 0.6) is 0 Å². The van der Waals surface area contributed by atoms with Crippen molar-refractivity contribution in [3.63, 3.8) is 0 Å². The summed E-state index contributed by atoms with van der Waals surface area (Å²) in [7, 11) is 0. The molecule has 0 spiro atoms. The highest BCUT2D eigenvalue weighted by molar-refractivity contribution is 6.42. The van der Waals surface area contributed by atoms with Gasteiger partial charge in [-0.1, -0.05) is 42.1 Å². The van der Waals surface area contributed by atoms with Crippen molar-refractivity contribution in [3.8, 4) is 0 Å². The second-order valence-electron chi connectivity index (χ2n) is 4.29. The number of benzene rings is 1.